The first kappa shape index (κ1) is 14.8. The average Bonchev–Trinajstić information content (AvgIpc) is 2.67. The Morgan fingerprint density at radius 1 is 1.30 bits per heavy atom. The molecule has 0 saturated carbocycles. The summed E-state index contributed by atoms with van der Waals surface area (Å²) in [5.74, 6) is 0.816. The van der Waals surface area contributed by atoms with Crippen molar-refractivity contribution in [1.29, 1.82) is 0 Å². The Morgan fingerprint density at radius 3 is 2.55 bits per heavy atom. The summed E-state index contributed by atoms with van der Waals surface area (Å²) >= 11 is 1.32. The topological polar surface area (TPSA) is 68.3 Å². The molecule has 5 nitrogen and oxygen atoms in total. The third kappa shape index (κ3) is 3.29. The third-order valence-electron chi connectivity index (χ3n) is 2.74. The van der Waals surface area contributed by atoms with E-state index in [-0.39, 0.29) is 0 Å². The summed E-state index contributed by atoms with van der Waals surface area (Å²) in [5.41, 5.74) is 2.74. The van der Waals surface area contributed by atoms with Crippen molar-refractivity contribution in [3.8, 4) is 17.0 Å². The second-order valence-corrected chi connectivity index (χ2v) is 7.43. The second kappa shape index (κ2) is 5.41. The summed E-state index contributed by atoms with van der Waals surface area (Å²) < 4.78 is 30.1. The fourth-order valence-corrected chi connectivity index (χ4v) is 3.56. The molecule has 0 aliphatic heterocycles. The number of ether oxygens (including phenoxy) is 1. The molecule has 0 atom stereocenters. The predicted molar refractivity (Wildman–Crippen MR) is 82.0 cm³/mol. The molecule has 0 unspecified atom stereocenters. The number of nitrogens with one attached hydrogen (secondary N) is 1. The molecule has 0 radical (unpaired) electrons. The van der Waals surface area contributed by atoms with Crippen LogP contribution in [0.15, 0.2) is 18.2 Å². The van der Waals surface area contributed by atoms with Crippen molar-refractivity contribution in [2.24, 2.45) is 0 Å². The molecule has 20 heavy (non-hydrogen) atoms. The van der Waals surface area contributed by atoms with E-state index in [4.69, 9.17) is 4.74 Å². The summed E-state index contributed by atoms with van der Waals surface area (Å²) in [6.07, 6.45) is 1.11. The lowest BCUT2D eigenvalue weighted by atomic mass is 10.1. The monoisotopic (exact) mass is 312 g/mol. The fourth-order valence-electron chi connectivity index (χ4n) is 1.89. The smallest absolute Gasteiger partial charge is 0.231 e. The van der Waals surface area contributed by atoms with E-state index in [0.717, 1.165) is 33.7 Å². The van der Waals surface area contributed by atoms with E-state index < -0.39 is 10.0 Å². The van der Waals surface area contributed by atoms with E-state index in [1.807, 2.05) is 32.0 Å². The number of methoxy groups -OCH3 is 1. The molecule has 1 heterocycles. The van der Waals surface area contributed by atoms with E-state index in [0.29, 0.717) is 5.13 Å². The first-order valence-electron chi connectivity index (χ1n) is 5.90. The van der Waals surface area contributed by atoms with Crippen molar-refractivity contribution >= 4 is 26.5 Å². The van der Waals surface area contributed by atoms with Gasteiger partial charge in [-0.3, -0.25) is 4.72 Å². The maximum Gasteiger partial charge on any atom is 0.231 e. The highest BCUT2D eigenvalue weighted by Gasteiger charge is 2.13. The fraction of sp³-hybridized carbons (Fsp3) is 0.308. The van der Waals surface area contributed by atoms with Gasteiger partial charge in [0.1, 0.15) is 5.75 Å². The Hall–Kier alpha value is -1.60. The molecule has 1 aromatic carbocycles. The summed E-state index contributed by atoms with van der Waals surface area (Å²) in [6.45, 7) is 3.87. The van der Waals surface area contributed by atoms with Crippen molar-refractivity contribution in [2.45, 2.75) is 13.8 Å². The van der Waals surface area contributed by atoms with Gasteiger partial charge < -0.3 is 4.74 Å². The molecule has 0 spiro atoms. The number of thiazole rings is 1. The van der Waals surface area contributed by atoms with Crippen molar-refractivity contribution in [3.05, 3.63) is 28.6 Å². The summed E-state index contributed by atoms with van der Waals surface area (Å²) in [4.78, 5) is 5.31. The van der Waals surface area contributed by atoms with Crippen LogP contribution in [-0.4, -0.2) is 26.8 Å². The van der Waals surface area contributed by atoms with Crippen LogP contribution in [0.2, 0.25) is 0 Å². The van der Waals surface area contributed by atoms with Crippen LogP contribution in [0.1, 0.15) is 10.4 Å². The van der Waals surface area contributed by atoms with Crippen molar-refractivity contribution in [1.82, 2.24) is 4.98 Å². The first-order chi connectivity index (χ1) is 9.30. The molecule has 0 aliphatic carbocycles. The molecule has 2 rings (SSSR count). The van der Waals surface area contributed by atoms with Crippen molar-refractivity contribution < 1.29 is 13.2 Å². The molecule has 7 heteroatoms. The maximum absolute atomic E-state index is 11.2. The van der Waals surface area contributed by atoms with Crippen LogP contribution in [0, 0.1) is 13.8 Å². The minimum atomic E-state index is -3.30. The van der Waals surface area contributed by atoms with Crippen LogP contribution >= 0.6 is 11.3 Å². The van der Waals surface area contributed by atoms with Gasteiger partial charge in [0.2, 0.25) is 10.0 Å². The van der Waals surface area contributed by atoms with Gasteiger partial charge in [-0.05, 0) is 37.6 Å². The SMILES string of the molecule is COc1ccc(-c2nc(NS(C)(=O)=O)sc2C)cc1C. The van der Waals surface area contributed by atoms with Crippen LogP contribution in [0.4, 0.5) is 5.13 Å². The molecule has 108 valence electrons. The number of anilines is 1. The van der Waals surface area contributed by atoms with E-state index in [1.54, 1.807) is 7.11 Å². The number of aromatic nitrogens is 1. The first-order valence-corrected chi connectivity index (χ1v) is 8.61. The van der Waals surface area contributed by atoms with E-state index in [1.165, 1.54) is 11.3 Å². The average molecular weight is 312 g/mol. The van der Waals surface area contributed by atoms with E-state index >= 15 is 0 Å². The lowest BCUT2D eigenvalue weighted by molar-refractivity contribution is 0.412. The largest absolute Gasteiger partial charge is 0.496 e. The molecule has 1 N–H and O–H groups in total. The standard InChI is InChI=1S/C13H16N2O3S2/c1-8-7-10(5-6-11(8)18-3)12-9(2)19-13(14-12)15-20(4,16)17/h5-7H,1-4H3,(H,14,15). The van der Waals surface area contributed by atoms with Gasteiger partial charge in [-0.1, -0.05) is 0 Å². The van der Waals surface area contributed by atoms with Crippen molar-refractivity contribution in [3.63, 3.8) is 0 Å². The molecule has 1 aromatic heterocycles. The van der Waals surface area contributed by atoms with Gasteiger partial charge in [0.15, 0.2) is 5.13 Å². The zero-order valence-electron chi connectivity index (χ0n) is 11.7. The van der Waals surface area contributed by atoms with Crippen LogP contribution in [0.5, 0.6) is 5.75 Å². The van der Waals surface area contributed by atoms with Gasteiger partial charge in [0.25, 0.3) is 0 Å². The summed E-state index contributed by atoms with van der Waals surface area (Å²) in [7, 11) is -1.67. The molecule has 0 amide bonds. The van der Waals surface area contributed by atoms with Gasteiger partial charge >= 0.3 is 0 Å². The zero-order chi connectivity index (χ0) is 14.9. The van der Waals surface area contributed by atoms with Gasteiger partial charge in [-0.15, -0.1) is 11.3 Å². The van der Waals surface area contributed by atoms with Gasteiger partial charge in [-0.2, -0.15) is 0 Å². The number of nitrogens with zero attached hydrogens (tertiary/aromatic N) is 1. The number of hydrogen-bond donors (Lipinski definition) is 1. The highest BCUT2D eigenvalue weighted by atomic mass is 32.2. The maximum atomic E-state index is 11.2. The molecule has 0 saturated heterocycles. The van der Waals surface area contributed by atoms with Crippen LogP contribution in [-0.2, 0) is 10.0 Å². The zero-order valence-corrected chi connectivity index (χ0v) is 13.4. The molecule has 2 aromatic rings. The minimum absolute atomic E-state index is 0.383. The highest BCUT2D eigenvalue weighted by Crippen LogP contribution is 2.32. The molecule has 0 fully saturated rings. The van der Waals surface area contributed by atoms with E-state index in [2.05, 4.69) is 9.71 Å². The Labute approximate surface area is 122 Å². The second-order valence-electron chi connectivity index (χ2n) is 4.48. The summed E-state index contributed by atoms with van der Waals surface area (Å²) in [6, 6.07) is 5.77. The molecular formula is C13H16N2O3S2. The molecule has 0 bridgehead atoms. The van der Waals surface area contributed by atoms with Crippen LogP contribution in [0.3, 0.4) is 0 Å². The molecular weight excluding hydrogens is 296 g/mol. The third-order valence-corrected chi connectivity index (χ3v) is 4.32. The number of benzene rings is 1. The number of hydrogen-bond acceptors (Lipinski definition) is 5. The Kier molecular flexibility index (Phi) is 4.01. The van der Waals surface area contributed by atoms with Gasteiger partial charge in [0, 0.05) is 10.4 Å². The van der Waals surface area contributed by atoms with E-state index in [9.17, 15) is 8.42 Å². The lowest BCUT2D eigenvalue weighted by Gasteiger charge is -2.06. The highest BCUT2D eigenvalue weighted by molar-refractivity contribution is 7.92. The Bertz CT molecular complexity index is 736. The molecule has 0 aliphatic rings. The van der Waals surface area contributed by atoms with Crippen LogP contribution < -0.4 is 9.46 Å². The number of aryl methyl sites for hydroxylation is 2. The van der Waals surface area contributed by atoms with Gasteiger partial charge in [-0.25, -0.2) is 13.4 Å². The number of rotatable bonds is 4. The Balaban J connectivity index is 2.40. The summed E-state index contributed by atoms with van der Waals surface area (Å²) in [5, 5.41) is 0.383. The number of sulfonamides is 1. The van der Waals surface area contributed by atoms with Crippen LogP contribution in [0.25, 0.3) is 11.3 Å². The quantitative estimate of drug-likeness (QED) is 0.942. The Morgan fingerprint density at radius 2 is 2.00 bits per heavy atom. The van der Waals surface area contributed by atoms with Crippen molar-refractivity contribution in [2.75, 3.05) is 18.1 Å². The normalized spacial score (nSPS) is 11.4. The minimum Gasteiger partial charge on any atom is -0.496 e. The predicted octanol–water partition coefficient (Wildman–Crippen LogP) is 2.81. The van der Waals surface area contributed by atoms with Gasteiger partial charge in [0.05, 0.1) is 19.1 Å². The lowest BCUT2D eigenvalue weighted by Crippen LogP contribution is -2.09.